The second-order valence-corrected chi connectivity index (χ2v) is 6.00. The van der Waals surface area contributed by atoms with Crippen LogP contribution in [0.1, 0.15) is 32.4 Å². The molecule has 1 amide bonds. The van der Waals surface area contributed by atoms with Crippen LogP contribution >= 0.6 is 15.9 Å². The SMILES string of the molecule is CC(C)(C)OC(=O)N[C@@H](CO)c1cc(F)cc(Br)c1. The zero-order valence-corrected chi connectivity index (χ0v) is 12.6. The van der Waals surface area contributed by atoms with Gasteiger partial charge in [-0.15, -0.1) is 0 Å². The lowest BCUT2D eigenvalue weighted by molar-refractivity contribution is 0.0481. The zero-order valence-electron chi connectivity index (χ0n) is 11.0. The largest absolute Gasteiger partial charge is 0.444 e. The van der Waals surface area contributed by atoms with Gasteiger partial charge in [-0.25, -0.2) is 9.18 Å². The second-order valence-electron chi connectivity index (χ2n) is 5.08. The van der Waals surface area contributed by atoms with E-state index in [1.54, 1.807) is 26.8 Å². The summed E-state index contributed by atoms with van der Waals surface area (Å²) in [5, 5.41) is 11.8. The van der Waals surface area contributed by atoms with Crippen LogP contribution in [0.2, 0.25) is 0 Å². The molecular weight excluding hydrogens is 317 g/mol. The lowest BCUT2D eigenvalue weighted by atomic mass is 10.1. The van der Waals surface area contributed by atoms with Crippen LogP contribution in [0, 0.1) is 5.82 Å². The van der Waals surface area contributed by atoms with Gasteiger partial charge in [-0.3, -0.25) is 0 Å². The molecule has 1 aromatic rings. The first kappa shape index (κ1) is 15.9. The molecule has 0 aliphatic rings. The molecule has 6 heteroatoms. The van der Waals surface area contributed by atoms with Gasteiger partial charge in [-0.1, -0.05) is 15.9 Å². The molecule has 0 heterocycles. The van der Waals surface area contributed by atoms with Crippen LogP contribution < -0.4 is 5.32 Å². The van der Waals surface area contributed by atoms with Crippen molar-refractivity contribution in [3.63, 3.8) is 0 Å². The number of rotatable bonds is 3. The van der Waals surface area contributed by atoms with Gasteiger partial charge in [0.15, 0.2) is 0 Å². The number of halogens is 2. The van der Waals surface area contributed by atoms with Gasteiger partial charge in [0.05, 0.1) is 12.6 Å². The second kappa shape index (κ2) is 6.34. The minimum Gasteiger partial charge on any atom is -0.444 e. The molecule has 4 nitrogen and oxygen atoms in total. The van der Waals surface area contributed by atoms with Crippen LogP contribution in [0.5, 0.6) is 0 Å². The number of aliphatic hydroxyl groups is 1. The Balaban J connectivity index is 2.81. The highest BCUT2D eigenvalue weighted by atomic mass is 79.9. The lowest BCUT2D eigenvalue weighted by Crippen LogP contribution is -2.36. The summed E-state index contributed by atoms with van der Waals surface area (Å²) >= 11 is 3.16. The van der Waals surface area contributed by atoms with Crippen molar-refractivity contribution in [1.29, 1.82) is 0 Å². The number of benzene rings is 1. The van der Waals surface area contributed by atoms with Gasteiger partial charge >= 0.3 is 6.09 Å². The Morgan fingerprint density at radius 3 is 2.58 bits per heavy atom. The standard InChI is InChI=1S/C13H17BrFNO3/c1-13(2,3)19-12(18)16-11(7-17)8-4-9(14)6-10(15)5-8/h4-6,11,17H,7H2,1-3H3,(H,16,18)/t11-/m0/s1. The predicted molar refractivity (Wildman–Crippen MR) is 73.3 cm³/mol. The molecule has 0 aromatic heterocycles. The van der Waals surface area contributed by atoms with Crippen molar-refractivity contribution in [2.45, 2.75) is 32.4 Å². The molecule has 0 aliphatic carbocycles. The summed E-state index contributed by atoms with van der Waals surface area (Å²) in [5.74, 6) is -0.450. The molecule has 0 spiro atoms. The minimum atomic E-state index is -0.721. The summed E-state index contributed by atoms with van der Waals surface area (Å²) in [4.78, 5) is 11.6. The average Bonchev–Trinajstić information content (AvgIpc) is 2.21. The Bertz CT molecular complexity index is 439. The van der Waals surface area contributed by atoms with Crippen LogP contribution in [0.4, 0.5) is 9.18 Å². The third-order valence-corrected chi connectivity index (χ3v) is 2.62. The highest BCUT2D eigenvalue weighted by Gasteiger charge is 2.20. The highest BCUT2D eigenvalue weighted by Crippen LogP contribution is 2.20. The van der Waals surface area contributed by atoms with E-state index in [1.807, 2.05) is 0 Å². The zero-order chi connectivity index (χ0) is 14.6. The number of amides is 1. The van der Waals surface area contributed by atoms with E-state index in [9.17, 15) is 14.3 Å². The fraction of sp³-hybridized carbons (Fsp3) is 0.462. The fourth-order valence-electron chi connectivity index (χ4n) is 1.46. The van der Waals surface area contributed by atoms with E-state index >= 15 is 0 Å². The molecule has 0 bridgehead atoms. The molecule has 2 N–H and O–H groups in total. The first-order chi connectivity index (χ1) is 8.71. The number of hydrogen-bond donors (Lipinski definition) is 2. The molecule has 0 saturated heterocycles. The Labute approximate surface area is 120 Å². The number of alkyl carbamates (subject to hydrolysis) is 1. The van der Waals surface area contributed by atoms with Gasteiger partial charge in [-0.05, 0) is 44.5 Å². The smallest absolute Gasteiger partial charge is 0.408 e. The third-order valence-electron chi connectivity index (χ3n) is 2.16. The monoisotopic (exact) mass is 333 g/mol. The normalized spacial score (nSPS) is 12.9. The lowest BCUT2D eigenvalue weighted by Gasteiger charge is -2.23. The van der Waals surface area contributed by atoms with Gasteiger partial charge in [0, 0.05) is 4.47 Å². The maximum Gasteiger partial charge on any atom is 0.408 e. The molecule has 0 fully saturated rings. The quantitative estimate of drug-likeness (QED) is 0.893. The van der Waals surface area contributed by atoms with Gasteiger partial charge in [0.25, 0.3) is 0 Å². The van der Waals surface area contributed by atoms with Crippen molar-refractivity contribution in [3.05, 3.63) is 34.1 Å². The number of carbonyl (C=O) groups is 1. The summed E-state index contributed by atoms with van der Waals surface area (Å²) in [6, 6.07) is 3.46. The van der Waals surface area contributed by atoms with Crippen LogP contribution in [0.25, 0.3) is 0 Å². The van der Waals surface area contributed by atoms with Crippen molar-refractivity contribution in [2.75, 3.05) is 6.61 Å². The third kappa shape index (κ3) is 5.57. The van der Waals surface area contributed by atoms with E-state index in [4.69, 9.17) is 4.74 Å². The Morgan fingerprint density at radius 2 is 2.11 bits per heavy atom. The molecule has 0 radical (unpaired) electrons. The first-order valence-electron chi connectivity index (χ1n) is 5.77. The molecular formula is C13H17BrFNO3. The Hall–Kier alpha value is -1.14. The maximum atomic E-state index is 13.3. The van der Waals surface area contributed by atoms with Gasteiger partial charge in [-0.2, -0.15) is 0 Å². The Morgan fingerprint density at radius 1 is 1.47 bits per heavy atom. The molecule has 1 aromatic carbocycles. The summed E-state index contributed by atoms with van der Waals surface area (Å²) in [7, 11) is 0. The van der Waals surface area contributed by atoms with E-state index in [1.165, 1.54) is 12.1 Å². The predicted octanol–water partition coefficient (Wildman–Crippen LogP) is 3.15. The van der Waals surface area contributed by atoms with Crippen LogP contribution in [-0.2, 0) is 4.74 Å². The van der Waals surface area contributed by atoms with Crippen molar-refractivity contribution in [1.82, 2.24) is 5.32 Å². The van der Waals surface area contributed by atoms with E-state index in [-0.39, 0.29) is 6.61 Å². The number of ether oxygens (including phenoxy) is 1. The summed E-state index contributed by atoms with van der Waals surface area (Å²) in [6.07, 6.45) is -0.660. The molecule has 0 saturated carbocycles. The van der Waals surface area contributed by atoms with Crippen molar-refractivity contribution >= 4 is 22.0 Å². The van der Waals surface area contributed by atoms with Crippen LogP contribution in [-0.4, -0.2) is 23.4 Å². The van der Waals surface area contributed by atoms with Crippen molar-refractivity contribution < 1.29 is 19.0 Å². The number of hydrogen-bond acceptors (Lipinski definition) is 3. The number of nitrogens with one attached hydrogen (secondary N) is 1. The molecule has 19 heavy (non-hydrogen) atoms. The van der Waals surface area contributed by atoms with Gasteiger partial charge in [0.1, 0.15) is 11.4 Å². The summed E-state index contributed by atoms with van der Waals surface area (Å²) in [5.41, 5.74) is -0.174. The first-order valence-corrected chi connectivity index (χ1v) is 6.57. The van der Waals surface area contributed by atoms with Crippen molar-refractivity contribution in [2.24, 2.45) is 0 Å². The summed E-state index contributed by atoms with van der Waals surface area (Å²) < 4.78 is 18.9. The number of aliphatic hydroxyl groups excluding tert-OH is 1. The minimum absolute atomic E-state index is 0.352. The van der Waals surface area contributed by atoms with E-state index < -0.39 is 23.6 Å². The average molecular weight is 334 g/mol. The summed E-state index contributed by atoms with van der Waals surface area (Å²) in [6.45, 7) is 4.85. The van der Waals surface area contributed by atoms with E-state index in [2.05, 4.69) is 21.2 Å². The molecule has 0 unspecified atom stereocenters. The molecule has 0 aliphatic heterocycles. The van der Waals surface area contributed by atoms with Crippen LogP contribution in [0.15, 0.2) is 22.7 Å². The highest BCUT2D eigenvalue weighted by molar-refractivity contribution is 9.10. The van der Waals surface area contributed by atoms with E-state index in [0.29, 0.717) is 10.0 Å². The number of carbonyl (C=O) groups excluding carboxylic acids is 1. The van der Waals surface area contributed by atoms with Crippen LogP contribution in [0.3, 0.4) is 0 Å². The fourth-order valence-corrected chi connectivity index (χ4v) is 1.94. The molecule has 106 valence electrons. The molecule has 1 rings (SSSR count). The van der Waals surface area contributed by atoms with Gasteiger partial charge in [0.2, 0.25) is 0 Å². The Kier molecular flexibility index (Phi) is 5.31. The molecule has 1 atom stereocenters. The topological polar surface area (TPSA) is 58.6 Å². The van der Waals surface area contributed by atoms with E-state index in [0.717, 1.165) is 0 Å². The van der Waals surface area contributed by atoms with Gasteiger partial charge < -0.3 is 15.2 Å². The van der Waals surface area contributed by atoms with Crippen molar-refractivity contribution in [3.8, 4) is 0 Å². The maximum absolute atomic E-state index is 13.3.